The number of hydrogen-bond donors (Lipinski definition) is 1. The molecule has 2 aromatic carbocycles. The zero-order chi connectivity index (χ0) is 23.6. The first kappa shape index (κ1) is 24.3. The van der Waals surface area contributed by atoms with Gasteiger partial charge in [0.1, 0.15) is 12.3 Å². The highest BCUT2D eigenvalue weighted by atomic mass is 16.5. The number of carbonyl (C=O) groups excluding carboxylic acids is 2. The Morgan fingerprint density at radius 2 is 1.85 bits per heavy atom. The van der Waals surface area contributed by atoms with Gasteiger partial charge in [-0.1, -0.05) is 37.3 Å². The van der Waals surface area contributed by atoms with Crippen LogP contribution in [-0.4, -0.2) is 68.0 Å². The van der Waals surface area contributed by atoms with Gasteiger partial charge in [-0.3, -0.25) is 4.79 Å². The number of methoxy groups -OCH3 is 2. The molecule has 0 saturated carbocycles. The topological polar surface area (TPSA) is 83.5 Å². The Kier molecular flexibility index (Phi) is 8.83. The number of urea groups is 1. The number of nitrogens with zero attached hydrogens (tertiary/aromatic N) is 3. The van der Waals surface area contributed by atoms with Crippen LogP contribution in [0.25, 0.3) is 0 Å². The summed E-state index contributed by atoms with van der Waals surface area (Å²) in [6.45, 7) is 3.11. The van der Waals surface area contributed by atoms with Gasteiger partial charge >= 0.3 is 6.03 Å². The molecule has 8 nitrogen and oxygen atoms in total. The Balaban J connectivity index is 1.84. The van der Waals surface area contributed by atoms with Crippen LogP contribution in [0.5, 0.6) is 5.75 Å². The van der Waals surface area contributed by atoms with Crippen molar-refractivity contribution in [3.05, 3.63) is 65.7 Å². The third kappa shape index (κ3) is 6.32. The van der Waals surface area contributed by atoms with Crippen molar-refractivity contribution in [3.8, 4) is 5.75 Å². The summed E-state index contributed by atoms with van der Waals surface area (Å²) in [5, 5.41) is 9.05. The van der Waals surface area contributed by atoms with Crippen molar-refractivity contribution < 1.29 is 19.1 Å². The van der Waals surface area contributed by atoms with Crippen LogP contribution in [0.15, 0.2) is 59.7 Å². The molecule has 0 bridgehead atoms. The molecule has 33 heavy (non-hydrogen) atoms. The molecule has 0 aliphatic carbocycles. The van der Waals surface area contributed by atoms with Crippen LogP contribution in [-0.2, 0) is 9.53 Å². The lowest BCUT2D eigenvalue weighted by Crippen LogP contribution is -2.47. The summed E-state index contributed by atoms with van der Waals surface area (Å²) in [6, 6.07) is 17.0. The van der Waals surface area contributed by atoms with E-state index in [0.717, 1.165) is 29.0 Å². The first-order valence-corrected chi connectivity index (χ1v) is 11.2. The van der Waals surface area contributed by atoms with E-state index in [4.69, 9.17) is 14.6 Å². The summed E-state index contributed by atoms with van der Waals surface area (Å²) >= 11 is 0. The summed E-state index contributed by atoms with van der Waals surface area (Å²) < 4.78 is 10.4. The smallest absolute Gasteiger partial charge is 0.317 e. The molecule has 0 aromatic heterocycles. The molecule has 3 rings (SSSR count). The van der Waals surface area contributed by atoms with E-state index < -0.39 is 0 Å². The van der Waals surface area contributed by atoms with Crippen LogP contribution in [0.3, 0.4) is 0 Å². The van der Waals surface area contributed by atoms with E-state index in [-0.39, 0.29) is 24.5 Å². The van der Waals surface area contributed by atoms with Crippen molar-refractivity contribution in [3.63, 3.8) is 0 Å². The molecule has 3 amide bonds. The average molecular weight is 453 g/mol. The Labute approximate surface area is 195 Å². The minimum atomic E-state index is -0.280. The molecule has 0 fully saturated rings. The molecule has 1 atom stereocenters. The molecular weight excluding hydrogens is 420 g/mol. The molecule has 1 aliphatic heterocycles. The quantitative estimate of drug-likeness (QED) is 0.599. The lowest BCUT2D eigenvalue weighted by atomic mass is 9.98. The molecular formula is C25H32N4O4. The molecule has 0 spiro atoms. The average Bonchev–Trinajstić information content (AvgIpc) is 3.31. The van der Waals surface area contributed by atoms with E-state index >= 15 is 0 Å². The second-order valence-corrected chi connectivity index (χ2v) is 7.79. The molecule has 1 N–H and O–H groups in total. The molecule has 8 heteroatoms. The first-order valence-electron chi connectivity index (χ1n) is 11.2. The van der Waals surface area contributed by atoms with Gasteiger partial charge in [0.05, 0.1) is 25.5 Å². The van der Waals surface area contributed by atoms with Gasteiger partial charge < -0.3 is 19.7 Å². The van der Waals surface area contributed by atoms with Gasteiger partial charge in [0, 0.05) is 26.6 Å². The van der Waals surface area contributed by atoms with Gasteiger partial charge in [-0.05, 0) is 41.8 Å². The maximum absolute atomic E-state index is 13.4. The summed E-state index contributed by atoms with van der Waals surface area (Å²) in [7, 11) is 3.20. The SMILES string of the molecule is CCCNC(=O)N(CCOC)CC(=O)N1N=C(c2ccc(OC)cc2)CC1c1ccccc1. The van der Waals surface area contributed by atoms with E-state index in [2.05, 4.69) is 5.32 Å². The normalized spacial score (nSPS) is 15.2. The zero-order valence-corrected chi connectivity index (χ0v) is 19.5. The first-order chi connectivity index (χ1) is 16.1. The van der Waals surface area contributed by atoms with Gasteiger partial charge in [-0.2, -0.15) is 5.10 Å². The minimum absolute atomic E-state index is 0.0817. The number of hydrazone groups is 1. The number of benzene rings is 2. The third-order valence-corrected chi connectivity index (χ3v) is 5.48. The van der Waals surface area contributed by atoms with Gasteiger partial charge in [-0.15, -0.1) is 0 Å². The van der Waals surface area contributed by atoms with Gasteiger partial charge in [-0.25, -0.2) is 9.80 Å². The van der Waals surface area contributed by atoms with E-state index in [0.29, 0.717) is 26.1 Å². The Bertz CT molecular complexity index is 947. The van der Waals surface area contributed by atoms with Crippen molar-refractivity contribution in [2.45, 2.75) is 25.8 Å². The predicted octanol–water partition coefficient (Wildman–Crippen LogP) is 3.44. The number of carbonyl (C=O) groups is 2. The fraction of sp³-hybridized carbons (Fsp3) is 0.400. The van der Waals surface area contributed by atoms with Crippen LogP contribution in [0.4, 0.5) is 4.79 Å². The zero-order valence-electron chi connectivity index (χ0n) is 19.5. The summed E-state index contributed by atoms with van der Waals surface area (Å²) in [5.41, 5.74) is 2.75. The van der Waals surface area contributed by atoms with Crippen molar-refractivity contribution in [2.24, 2.45) is 5.10 Å². The maximum Gasteiger partial charge on any atom is 0.317 e. The molecule has 0 radical (unpaired) electrons. The van der Waals surface area contributed by atoms with Crippen LogP contribution in [0.2, 0.25) is 0 Å². The minimum Gasteiger partial charge on any atom is -0.497 e. The maximum atomic E-state index is 13.4. The van der Waals surface area contributed by atoms with Gasteiger partial charge in [0.2, 0.25) is 0 Å². The van der Waals surface area contributed by atoms with Gasteiger partial charge in [0.15, 0.2) is 0 Å². The van der Waals surface area contributed by atoms with Crippen LogP contribution in [0.1, 0.15) is 36.9 Å². The van der Waals surface area contributed by atoms with Crippen molar-refractivity contribution in [1.29, 1.82) is 0 Å². The third-order valence-electron chi connectivity index (χ3n) is 5.48. The second-order valence-electron chi connectivity index (χ2n) is 7.79. The molecule has 176 valence electrons. The number of rotatable bonds is 10. The Morgan fingerprint density at radius 3 is 2.48 bits per heavy atom. The Morgan fingerprint density at radius 1 is 1.12 bits per heavy atom. The van der Waals surface area contributed by atoms with Gasteiger partial charge in [0.25, 0.3) is 5.91 Å². The lowest BCUT2D eigenvalue weighted by molar-refractivity contribution is -0.133. The number of ether oxygens (including phenoxy) is 2. The molecule has 2 aromatic rings. The highest BCUT2D eigenvalue weighted by molar-refractivity contribution is 6.03. The van der Waals surface area contributed by atoms with E-state index in [1.54, 1.807) is 14.2 Å². The van der Waals surface area contributed by atoms with Crippen molar-refractivity contribution in [2.75, 3.05) is 40.5 Å². The fourth-order valence-corrected chi connectivity index (χ4v) is 3.67. The number of hydrogen-bond acceptors (Lipinski definition) is 5. The standard InChI is InChI=1S/C25H32N4O4/c1-4-14-26-25(31)28(15-16-32-2)18-24(30)29-23(20-8-6-5-7-9-20)17-22(27-29)19-10-12-21(33-3)13-11-19/h5-13,23H,4,14-18H2,1-3H3,(H,26,31). The highest BCUT2D eigenvalue weighted by Gasteiger charge is 2.34. The molecule has 1 heterocycles. The highest BCUT2D eigenvalue weighted by Crippen LogP contribution is 2.33. The van der Waals surface area contributed by atoms with Crippen LogP contribution < -0.4 is 10.1 Å². The lowest BCUT2D eigenvalue weighted by Gasteiger charge is -2.27. The van der Waals surface area contributed by atoms with E-state index in [9.17, 15) is 9.59 Å². The number of amides is 3. The molecule has 1 unspecified atom stereocenters. The van der Waals surface area contributed by atoms with Crippen molar-refractivity contribution >= 4 is 17.6 Å². The number of nitrogens with one attached hydrogen (secondary N) is 1. The Hall–Kier alpha value is -3.39. The second kappa shape index (κ2) is 12.0. The van der Waals surface area contributed by atoms with E-state index in [1.807, 2.05) is 61.5 Å². The van der Waals surface area contributed by atoms with Crippen LogP contribution in [0, 0.1) is 0 Å². The summed E-state index contributed by atoms with van der Waals surface area (Å²) in [6.07, 6.45) is 1.40. The largest absolute Gasteiger partial charge is 0.497 e. The summed E-state index contributed by atoms with van der Waals surface area (Å²) in [4.78, 5) is 27.5. The summed E-state index contributed by atoms with van der Waals surface area (Å²) in [5.74, 6) is 0.520. The predicted molar refractivity (Wildman–Crippen MR) is 127 cm³/mol. The fourth-order valence-electron chi connectivity index (χ4n) is 3.67. The van der Waals surface area contributed by atoms with Crippen LogP contribution >= 0.6 is 0 Å². The molecule has 0 saturated heterocycles. The molecule has 1 aliphatic rings. The van der Waals surface area contributed by atoms with Crippen molar-refractivity contribution in [1.82, 2.24) is 15.2 Å². The van der Waals surface area contributed by atoms with E-state index in [1.165, 1.54) is 9.91 Å². The monoisotopic (exact) mass is 452 g/mol.